The van der Waals surface area contributed by atoms with E-state index in [2.05, 4.69) is 29.8 Å². The number of carbonyl (C=O) groups excluding carboxylic acids is 1. The number of amides is 1. The molecule has 0 bridgehead atoms. The Kier molecular flexibility index (Phi) is 7.89. The average molecular weight is 607 g/mol. The van der Waals surface area contributed by atoms with E-state index in [1.165, 1.54) is 47.6 Å². The number of anilines is 1. The van der Waals surface area contributed by atoms with Gasteiger partial charge >= 0.3 is 12.7 Å². The van der Waals surface area contributed by atoms with E-state index in [4.69, 9.17) is 0 Å². The Morgan fingerprint density at radius 1 is 0.881 bits per heavy atom. The summed E-state index contributed by atoms with van der Waals surface area (Å²) in [5, 5.41) is 12.4. The second-order valence-electron chi connectivity index (χ2n) is 8.34. The van der Waals surface area contributed by atoms with Gasteiger partial charge < -0.3 is 9.47 Å². The largest absolute Gasteiger partial charge is 0.573 e. The highest BCUT2D eigenvalue weighted by atomic mass is 32.2. The molecule has 0 spiro atoms. The molecule has 0 radical (unpaired) electrons. The number of rotatable bonds is 7. The summed E-state index contributed by atoms with van der Waals surface area (Å²) in [6, 6.07) is 17.2. The molecule has 0 saturated carbocycles. The van der Waals surface area contributed by atoms with Crippen molar-refractivity contribution in [2.24, 2.45) is 10.2 Å². The van der Waals surface area contributed by atoms with Crippen LogP contribution in [0.4, 0.5) is 32.0 Å². The van der Waals surface area contributed by atoms with E-state index in [-0.39, 0.29) is 22.4 Å². The predicted octanol–water partition coefficient (Wildman–Crippen LogP) is 6.20. The number of aromatic nitrogens is 3. The average Bonchev–Trinajstić information content (AvgIpc) is 3.55. The van der Waals surface area contributed by atoms with Crippen LogP contribution in [0.25, 0.3) is 17.1 Å². The molecular formula is C26H16F6N6O3S. The van der Waals surface area contributed by atoms with Crippen molar-refractivity contribution in [1.82, 2.24) is 14.8 Å². The van der Waals surface area contributed by atoms with Crippen molar-refractivity contribution < 1.29 is 40.6 Å². The third kappa shape index (κ3) is 7.06. The minimum absolute atomic E-state index is 0.0332. The van der Waals surface area contributed by atoms with Crippen LogP contribution in [-0.2, 0) is 4.79 Å². The van der Waals surface area contributed by atoms with Gasteiger partial charge in [0.2, 0.25) is 5.91 Å². The molecule has 0 atom stereocenters. The van der Waals surface area contributed by atoms with Gasteiger partial charge in [-0.05, 0) is 42.0 Å². The lowest BCUT2D eigenvalue weighted by molar-refractivity contribution is -0.275. The number of hydrogen-bond acceptors (Lipinski definition) is 8. The monoisotopic (exact) mass is 606 g/mol. The van der Waals surface area contributed by atoms with E-state index < -0.39 is 24.4 Å². The van der Waals surface area contributed by atoms with E-state index in [0.29, 0.717) is 22.6 Å². The Balaban J connectivity index is 1.27. The van der Waals surface area contributed by atoms with Crippen molar-refractivity contribution >= 4 is 34.7 Å². The summed E-state index contributed by atoms with van der Waals surface area (Å²) in [5.74, 6) is -1.06. The number of thioether (sulfide) groups is 1. The maximum atomic E-state index is 12.8. The van der Waals surface area contributed by atoms with Gasteiger partial charge in [0.1, 0.15) is 12.1 Å². The van der Waals surface area contributed by atoms with Crippen molar-refractivity contribution in [3.05, 3.63) is 84.7 Å². The fourth-order valence-electron chi connectivity index (χ4n) is 3.71. The van der Waals surface area contributed by atoms with E-state index in [1.54, 1.807) is 24.3 Å². The first-order chi connectivity index (χ1) is 19.9. The lowest BCUT2D eigenvalue weighted by Gasteiger charge is -2.19. The molecule has 2 heterocycles. The highest BCUT2D eigenvalue weighted by Crippen LogP contribution is 2.37. The molecule has 3 aromatic carbocycles. The summed E-state index contributed by atoms with van der Waals surface area (Å²) in [6.07, 6.45) is -6.93. The highest BCUT2D eigenvalue weighted by molar-refractivity contribution is 8.15. The standard InChI is InChI=1S/C26H16F6N6O3S/c27-25(28,29)40-19-11-9-18(10-12-19)37-15-33-23(36-37)17-7-5-16(6-8-17)13-34-35-24-38(22(39)14-42-24)20-3-1-2-4-21(20)41-26(30,31)32/h1-13,15H,14H2/b34-13+,35-24-. The van der Waals surface area contributed by atoms with Crippen molar-refractivity contribution in [3.63, 3.8) is 0 Å². The number of nitrogens with zero attached hydrogens (tertiary/aromatic N) is 6. The van der Waals surface area contributed by atoms with Crippen LogP contribution in [0, 0.1) is 0 Å². The van der Waals surface area contributed by atoms with Crippen molar-refractivity contribution in [1.29, 1.82) is 0 Å². The number of alkyl halides is 6. The molecule has 4 aromatic rings. The van der Waals surface area contributed by atoms with Gasteiger partial charge in [-0.2, -0.15) is 5.10 Å². The molecular weight excluding hydrogens is 590 g/mol. The molecule has 16 heteroatoms. The summed E-state index contributed by atoms with van der Waals surface area (Å²) in [7, 11) is 0. The number of benzene rings is 3. The molecule has 0 aliphatic carbocycles. The fourth-order valence-corrected chi connectivity index (χ4v) is 4.53. The summed E-state index contributed by atoms with van der Waals surface area (Å²) < 4.78 is 84.9. The topological polar surface area (TPSA) is 94.2 Å². The second kappa shape index (κ2) is 11.6. The first kappa shape index (κ1) is 28.7. The van der Waals surface area contributed by atoms with Gasteiger partial charge in [-0.25, -0.2) is 9.67 Å². The summed E-state index contributed by atoms with van der Waals surface area (Å²) in [4.78, 5) is 17.7. The Labute approximate surface area is 237 Å². The number of carbonyl (C=O) groups is 1. The number of amidine groups is 1. The van der Waals surface area contributed by atoms with Gasteiger partial charge in [0.25, 0.3) is 0 Å². The maximum absolute atomic E-state index is 12.8. The third-order valence-corrected chi connectivity index (χ3v) is 6.36. The van der Waals surface area contributed by atoms with Crippen LogP contribution in [0.3, 0.4) is 0 Å². The minimum Gasteiger partial charge on any atom is -0.406 e. The molecule has 5 rings (SSSR count). The molecule has 1 amide bonds. The SMILES string of the molecule is O=C1CS/C(=N\N=C\c2ccc(-c3ncn(-c4ccc(OC(F)(F)F)cc4)n3)cc2)N1c1ccccc1OC(F)(F)F. The molecule has 1 aliphatic heterocycles. The molecule has 9 nitrogen and oxygen atoms in total. The summed E-state index contributed by atoms with van der Waals surface area (Å²) >= 11 is 1.02. The van der Waals surface area contributed by atoms with Crippen LogP contribution in [0.1, 0.15) is 5.56 Å². The molecule has 0 unspecified atom stereocenters. The number of hydrogen-bond donors (Lipinski definition) is 0. The number of para-hydroxylation sites is 2. The van der Waals surface area contributed by atoms with Crippen LogP contribution in [0.15, 0.2) is 89.3 Å². The second-order valence-corrected chi connectivity index (χ2v) is 9.28. The summed E-state index contributed by atoms with van der Waals surface area (Å²) in [6.45, 7) is 0. The van der Waals surface area contributed by atoms with Gasteiger partial charge in [0, 0.05) is 5.56 Å². The van der Waals surface area contributed by atoms with Gasteiger partial charge in [-0.1, -0.05) is 48.2 Å². The van der Waals surface area contributed by atoms with Gasteiger partial charge in [-0.15, -0.1) is 36.5 Å². The van der Waals surface area contributed by atoms with Gasteiger partial charge in [0.05, 0.1) is 23.3 Å². The fraction of sp³-hybridized carbons (Fsp3) is 0.115. The van der Waals surface area contributed by atoms with E-state index >= 15 is 0 Å². The maximum Gasteiger partial charge on any atom is 0.573 e. The molecule has 42 heavy (non-hydrogen) atoms. The van der Waals surface area contributed by atoms with Crippen LogP contribution in [-0.4, -0.2) is 50.5 Å². The molecule has 1 saturated heterocycles. The zero-order valence-corrected chi connectivity index (χ0v) is 21.7. The smallest absolute Gasteiger partial charge is 0.406 e. The molecule has 1 fully saturated rings. The lowest BCUT2D eigenvalue weighted by Crippen LogP contribution is -2.30. The molecule has 1 aromatic heterocycles. The van der Waals surface area contributed by atoms with E-state index in [0.717, 1.165) is 34.9 Å². The van der Waals surface area contributed by atoms with Crippen molar-refractivity contribution in [2.45, 2.75) is 12.7 Å². The Morgan fingerprint density at radius 2 is 1.57 bits per heavy atom. The zero-order chi connectivity index (χ0) is 29.9. The Morgan fingerprint density at radius 3 is 2.26 bits per heavy atom. The molecule has 1 aliphatic rings. The molecule has 0 N–H and O–H groups in total. The van der Waals surface area contributed by atoms with Crippen LogP contribution < -0.4 is 14.4 Å². The summed E-state index contributed by atoms with van der Waals surface area (Å²) in [5.41, 5.74) is 1.61. The Bertz CT molecular complexity index is 1640. The number of ether oxygens (including phenoxy) is 2. The van der Waals surface area contributed by atoms with Crippen LogP contribution >= 0.6 is 11.8 Å². The first-order valence-electron chi connectivity index (χ1n) is 11.7. The quantitative estimate of drug-likeness (QED) is 0.141. The van der Waals surface area contributed by atoms with Crippen LogP contribution in [0.5, 0.6) is 11.5 Å². The highest BCUT2D eigenvalue weighted by Gasteiger charge is 2.36. The normalized spacial score (nSPS) is 15.1. The zero-order valence-electron chi connectivity index (χ0n) is 20.9. The predicted molar refractivity (Wildman–Crippen MR) is 142 cm³/mol. The Hall–Kier alpha value is -4.86. The third-order valence-electron chi connectivity index (χ3n) is 5.44. The van der Waals surface area contributed by atoms with Crippen LogP contribution in [0.2, 0.25) is 0 Å². The minimum atomic E-state index is -4.94. The lowest BCUT2D eigenvalue weighted by atomic mass is 10.1. The van der Waals surface area contributed by atoms with Gasteiger partial charge in [0.15, 0.2) is 16.7 Å². The first-order valence-corrected chi connectivity index (χ1v) is 12.7. The van der Waals surface area contributed by atoms with E-state index in [9.17, 15) is 31.1 Å². The molecule has 216 valence electrons. The van der Waals surface area contributed by atoms with Gasteiger partial charge in [-0.3, -0.25) is 9.69 Å². The van der Waals surface area contributed by atoms with Crippen molar-refractivity contribution in [2.75, 3.05) is 10.7 Å². The number of halogens is 6. The van der Waals surface area contributed by atoms with E-state index in [1.807, 2.05) is 0 Å². The van der Waals surface area contributed by atoms with Crippen molar-refractivity contribution in [3.8, 4) is 28.6 Å².